The first-order valence-corrected chi connectivity index (χ1v) is 4.42. The predicted molar refractivity (Wildman–Crippen MR) is 52.6 cm³/mol. The Kier molecular flexibility index (Phi) is 3.84. The Hall–Kier alpha value is -1.49. The molecule has 13 heavy (non-hydrogen) atoms. The van der Waals surface area contributed by atoms with Crippen molar-refractivity contribution in [1.82, 2.24) is 5.32 Å². The molecule has 1 aliphatic rings. The van der Waals surface area contributed by atoms with Crippen LogP contribution in [0.3, 0.4) is 0 Å². The second kappa shape index (κ2) is 5.21. The quantitative estimate of drug-likeness (QED) is 0.510. The number of amides is 1. The van der Waals surface area contributed by atoms with Crippen LogP contribution >= 0.6 is 0 Å². The van der Waals surface area contributed by atoms with Crippen LogP contribution in [0.1, 0.15) is 19.3 Å². The van der Waals surface area contributed by atoms with Gasteiger partial charge in [-0.25, -0.2) is 0 Å². The van der Waals surface area contributed by atoms with Crippen molar-refractivity contribution >= 4 is 5.91 Å². The Labute approximate surface area is 78.7 Å². The highest BCUT2D eigenvalue weighted by atomic mass is 16.1. The normalized spacial score (nSPS) is 14.4. The van der Waals surface area contributed by atoms with Crippen molar-refractivity contribution in [1.29, 1.82) is 0 Å². The van der Waals surface area contributed by atoms with Crippen LogP contribution in [0.4, 0.5) is 0 Å². The van der Waals surface area contributed by atoms with Crippen molar-refractivity contribution in [2.45, 2.75) is 19.3 Å². The van der Waals surface area contributed by atoms with E-state index in [2.05, 4.69) is 23.5 Å². The van der Waals surface area contributed by atoms with Crippen LogP contribution in [0.25, 0.3) is 0 Å². The summed E-state index contributed by atoms with van der Waals surface area (Å²) in [6, 6.07) is 2.12. The van der Waals surface area contributed by atoms with Crippen LogP contribution in [0.2, 0.25) is 0 Å². The molecule has 0 bridgehead atoms. The number of terminal acetylenes is 1. The highest BCUT2D eigenvalue weighted by molar-refractivity contribution is 5.77. The Bertz CT molecular complexity index is 258. The second-order valence-electron chi connectivity index (χ2n) is 3.02. The molecule has 0 aromatic carbocycles. The third-order valence-corrected chi connectivity index (χ3v) is 1.98. The van der Waals surface area contributed by atoms with Crippen LogP contribution in [0.5, 0.6) is 0 Å². The number of carbonyl (C=O) groups is 1. The molecular formula is C11H13NO. The summed E-state index contributed by atoms with van der Waals surface area (Å²) < 4.78 is 0. The van der Waals surface area contributed by atoms with Crippen molar-refractivity contribution in [2.24, 2.45) is 5.92 Å². The van der Waals surface area contributed by atoms with Crippen molar-refractivity contribution in [3.05, 3.63) is 24.3 Å². The van der Waals surface area contributed by atoms with E-state index in [9.17, 15) is 4.79 Å². The van der Waals surface area contributed by atoms with E-state index in [-0.39, 0.29) is 5.91 Å². The van der Waals surface area contributed by atoms with Gasteiger partial charge in [0, 0.05) is 12.5 Å². The Morgan fingerprint density at radius 2 is 2.15 bits per heavy atom. The van der Waals surface area contributed by atoms with E-state index >= 15 is 0 Å². The summed E-state index contributed by atoms with van der Waals surface area (Å²) in [5.74, 6) is 0.451. The van der Waals surface area contributed by atoms with Crippen molar-refractivity contribution in [3.63, 3.8) is 0 Å². The predicted octanol–water partition coefficient (Wildman–Crippen LogP) is 1.61. The summed E-state index contributed by atoms with van der Waals surface area (Å²) >= 11 is 0. The first-order valence-electron chi connectivity index (χ1n) is 4.42. The maximum Gasteiger partial charge on any atom is 0.231 e. The Morgan fingerprint density at radius 3 is 2.77 bits per heavy atom. The largest absolute Gasteiger partial charge is 0.285 e. The molecule has 0 aliphatic heterocycles. The van der Waals surface area contributed by atoms with Gasteiger partial charge in [-0.15, -0.1) is 0 Å². The van der Waals surface area contributed by atoms with E-state index in [0.717, 1.165) is 12.8 Å². The summed E-state index contributed by atoms with van der Waals surface area (Å²) in [6.45, 7) is 0. The van der Waals surface area contributed by atoms with Crippen LogP contribution in [-0.4, -0.2) is 5.91 Å². The monoisotopic (exact) mass is 175 g/mol. The van der Waals surface area contributed by atoms with Gasteiger partial charge in [-0.05, 0) is 18.8 Å². The smallest absolute Gasteiger partial charge is 0.231 e. The number of hydrogen-bond acceptors (Lipinski definition) is 1. The zero-order valence-electron chi connectivity index (χ0n) is 7.49. The lowest BCUT2D eigenvalue weighted by molar-refractivity contribution is -0.120. The van der Waals surface area contributed by atoms with E-state index in [1.54, 1.807) is 0 Å². The Balaban J connectivity index is 2.07. The number of carbonyl (C=O) groups excluding carboxylic acids is 1. The van der Waals surface area contributed by atoms with Gasteiger partial charge in [0.05, 0.1) is 0 Å². The average molecular weight is 175 g/mol. The van der Waals surface area contributed by atoms with Crippen molar-refractivity contribution in [2.75, 3.05) is 0 Å². The van der Waals surface area contributed by atoms with Crippen LogP contribution in [0.15, 0.2) is 24.3 Å². The van der Waals surface area contributed by atoms with Crippen molar-refractivity contribution in [3.8, 4) is 12.5 Å². The first-order chi connectivity index (χ1) is 6.33. The zero-order chi connectivity index (χ0) is 9.52. The fourth-order valence-electron chi connectivity index (χ4n) is 1.31. The minimum absolute atomic E-state index is 0.0616. The molecule has 0 saturated carbocycles. The van der Waals surface area contributed by atoms with Gasteiger partial charge in [0.1, 0.15) is 0 Å². The van der Waals surface area contributed by atoms with E-state index in [4.69, 9.17) is 6.42 Å². The number of hydrogen-bond donors (Lipinski definition) is 1. The molecule has 2 nitrogen and oxygen atoms in total. The molecule has 0 unspecified atom stereocenters. The summed E-state index contributed by atoms with van der Waals surface area (Å²) in [7, 11) is 0. The van der Waals surface area contributed by atoms with Gasteiger partial charge in [-0.3, -0.25) is 10.1 Å². The molecule has 1 amide bonds. The molecule has 0 spiro atoms. The molecule has 0 atom stereocenters. The molecule has 0 heterocycles. The number of nitrogens with one attached hydrogen (secondary N) is 1. The minimum atomic E-state index is -0.0616. The Morgan fingerprint density at radius 1 is 1.46 bits per heavy atom. The van der Waals surface area contributed by atoms with Crippen LogP contribution in [0, 0.1) is 18.4 Å². The second-order valence-corrected chi connectivity index (χ2v) is 3.02. The maximum atomic E-state index is 10.9. The van der Waals surface area contributed by atoms with Crippen LogP contribution < -0.4 is 5.32 Å². The summed E-state index contributed by atoms with van der Waals surface area (Å²) in [4.78, 5) is 10.9. The van der Waals surface area contributed by atoms with E-state index in [1.807, 2.05) is 12.2 Å². The molecule has 0 fully saturated rings. The first kappa shape index (κ1) is 9.60. The molecule has 0 aromatic rings. The molecule has 0 radical (unpaired) electrons. The standard InChI is InChI=1S/C11H13NO/c1-2-12-11(13)9-5-8-10-6-3-4-7-10/h1,3-4,6-7,10H,5,8-9H2,(H,12,13). The fourth-order valence-corrected chi connectivity index (χ4v) is 1.31. The zero-order valence-corrected chi connectivity index (χ0v) is 7.49. The third kappa shape index (κ3) is 3.62. The highest BCUT2D eigenvalue weighted by Crippen LogP contribution is 2.15. The molecule has 1 N–H and O–H groups in total. The molecule has 68 valence electrons. The third-order valence-electron chi connectivity index (χ3n) is 1.98. The van der Waals surface area contributed by atoms with Crippen LogP contribution in [-0.2, 0) is 4.79 Å². The molecule has 1 aliphatic carbocycles. The lowest BCUT2D eigenvalue weighted by Crippen LogP contribution is -2.16. The number of rotatable bonds is 4. The van der Waals surface area contributed by atoms with Gasteiger partial charge in [0.2, 0.25) is 5.91 Å². The van der Waals surface area contributed by atoms with Crippen molar-refractivity contribution < 1.29 is 4.79 Å². The maximum absolute atomic E-state index is 10.9. The fraction of sp³-hybridized carbons (Fsp3) is 0.364. The van der Waals surface area contributed by atoms with E-state index in [0.29, 0.717) is 12.3 Å². The highest BCUT2D eigenvalue weighted by Gasteiger charge is 2.05. The minimum Gasteiger partial charge on any atom is -0.285 e. The van der Waals surface area contributed by atoms with E-state index < -0.39 is 0 Å². The van der Waals surface area contributed by atoms with Gasteiger partial charge in [-0.2, -0.15) is 0 Å². The SMILES string of the molecule is C#CNC(=O)CCCC1C=CC=C1. The molecular weight excluding hydrogens is 162 g/mol. The molecule has 1 rings (SSSR count). The van der Waals surface area contributed by atoms with Gasteiger partial charge in [-0.1, -0.05) is 30.7 Å². The average Bonchev–Trinajstić information content (AvgIpc) is 2.57. The van der Waals surface area contributed by atoms with Gasteiger partial charge < -0.3 is 0 Å². The summed E-state index contributed by atoms with van der Waals surface area (Å²) in [5, 5.41) is 2.32. The summed E-state index contributed by atoms with van der Waals surface area (Å²) in [6.07, 6.45) is 15.7. The summed E-state index contributed by atoms with van der Waals surface area (Å²) in [5.41, 5.74) is 0. The van der Waals surface area contributed by atoms with Gasteiger partial charge in [0.25, 0.3) is 0 Å². The van der Waals surface area contributed by atoms with Gasteiger partial charge >= 0.3 is 0 Å². The molecule has 0 aromatic heterocycles. The topological polar surface area (TPSA) is 29.1 Å². The molecule has 0 saturated heterocycles. The lowest BCUT2D eigenvalue weighted by atomic mass is 10.0. The van der Waals surface area contributed by atoms with Gasteiger partial charge in [0.15, 0.2) is 0 Å². The number of allylic oxidation sites excluding steroid dienone is 4. The lowest BCUT2D eigenvalue weighted by Gasteiger charge is -2.03. The van der Waals surface area contributed by atoms with E-state index in [1.165, 1.54) is 0 Å². The molecule has 2 heteroatoms.